The van der Waals surface area contributed by atoms with Crippen molar-refractivity contribution in [2.45, 2.75) is 0 Å². The van der Waals surface area contributed by atoms with Gasteiger partial charge in [-0.25, -0.2) is 5.26 Å². The van der Waals surface area contributed by atoms with Gasteiger partial charge in [-0.05, 0) is 0 Å². The second-order valence-electron chi connectivity index (χ2n) is 0. The van der Waals surface area contributed by atoms with Gasteiger partial charge in [0.25, 0.3) is 0 Å². The molecule has 0 unspecified atom stereocenters. The van der Waals surface area contributed by atoms with Crippen LogP contribution in [0.15, 0.2) is 0 Å². The van der Waals surface area contributed by atoms with E-state index in [4.69, 9.17) is 5.26 Å². The fourth-order valence-electron chi connectivity index (χ4n) is 0. The molecule has 0 bridgehead atoms. The summed E-state index contributed by atoms with van der Waals surface area (Å²) in [5.41, 5.74) is 0. The minimum atomic E-state index is 0. The molecule has 0 spiro atoms. The molecule has 1 nitrogen and oxygen atoms in total. The van der Waals surface area contributed by atoms with Gasteiger partial charge in [0.15, 0.2) is 0 Å². The van der Waals surface area contributed by atoms with Crippen LogP contribution in [0.25, 0.3) is 0 Å². The van der Waals surface area contributed by atoms with Crippen molar-refractivity contribution in [1.82, 2.24) is 0 Å². The first kappa shape index (κ1) is 17.2. The molecule has 0 aliphatic heterocycles. The predicted octanol–water partition coefficient (Wildman–Crippen LogP) is -0.511. The first-order chi connectivity index (χ1) is 1.00. The van der Waals surface area contributed by atoms with Crippen LogP contribution < -0.4 is 0 Å². The number of nitriles is 1. The normalized spacial score (nSPS) is 0.500. The van der Waals surface area contributed by atoms with Crippen molar-refractivity contribution < 1.29 is 19.5 Å². The van der Waals surface area contributed by atoms with Crippen LogP contribution in [-0.2, 0) is 19.5 Å². The van der Waals surface area contributed by atoms with Crippen LogP contribution in [0.5, 0.6) is 0 Å². The Morgan fingerprint density at radius 3 is 1.25 bits per heavy atom. The van der Waals surface area contributed by atoms with E-state index in [1.165, 1.54) is 0 Å². The second kappa shape index (κ2) is 21.8. The number of hydrogen-bond acceptors (Lipinski definition) is 1. The van der Waals surface area contributed by atoms with Gasteiger partial charge in [-0.3, -0.25) is 0 Å². The zero-order valence-electron chi connectivity index (χ0n) is 1.36. The minimum absolute atomic E-state index is 0. The molecule has 0 rings (SSSR count). The summed E-state index contributed by atoms with van der Waals surface area (Å²) in [5.74, 6) is 0. The summed E-state index contributed by atoms with van der Waals surface area (Å²) in [4.78, 5) is 0. The van der Waals surface area contributed by atoms with Gasteiger partial charge < -0.3 is 0 Å². The Morgan fingerprint density at radius 2 is 1.25 bits per heavy atom. The van der Waals surface area contributed by atoms with Crippen molar-refractivity contribution in [2.24, 2.45) is 0 Å². The summed E-state index contributed by atoms with van der Waals surface area (Å²) in [7, 11) is 0. The minimum Gasteiger partial charge on any atom is 0 e. The molecule has 21 valence electrons. The maximum absolute atomic E-state index is 6.50. The van der Waals surface area contributed by atoms with Crippen LogP contribution in [0.3, 0.4) is 0 Å². The standard InChI is InChI=1S/CHN.K.Rh.H/c1-2;;;/h1H;;;. The van der Waals surface area contributed by atoms with E-state index in [2.05, 4.69) is 6.57 Å². The van der Waals surface area contributed by atoms with E-state index in [0.29, 0.717) is 0 Å². The molecular weight excluding hydrogens is 168 g/mol. The van der Waals surface area contributed by atoms with Gasteiger partial charge in [-0.1, -0.05) is 0 Å². The van der Waals surface area contributed by atoms with E-state index < -0.39 is 0 Å². The average molecular weight is 170 g/mol. The third-order valence-electron chi connectivity index (χ3n) is 0. The molecule has 0 N–H and O–H groups in total. The predicted molar refractivity (Wildman–Crippen MR) is 13.8 cm³/mol. The Hall–Kier alpha value is 1.75. The summed E-state index contributed by atoms with van der Waals surface area (Å²) < 4.78 is 0. The first-order valence-electron chi connectivity index (χ1n) is 0.258. The maximum atomic E-state index is 6.50. The van der Waals surface area contributed by atoms with Crippen molar-refractivity contribution in [3.05, 3.63) is 0 Å². The fourth-order valence-corrected chi connectivity index (χ4v) is 0. The molecule has 0 fully saturated rings. The Kier molecular flexibility index (Phi) is 93.6. The molecule has 3 heteroatoms. The molecule has 0 saturated carbocycles. The Labute approximate surface area is 80.9 Å². The topological polar surface area (TPSA) is 23.8 Å². The molecule has 0 aliphatic carbocycles. The maximum Gasteiger partial charge on any atom is 0 e. The molecular formula is CH2KNRh. The van der Waals surface area contributed by atoms with Crippen LogP contribution in [0, 0.1) is 11.8 Å². The zero-order valence-corrected chi connectivity index (χ0v) is 3.00. The molecule has 4 heavy (non-hydrogen) atoms. The summed E-state index contributed by atoms with van der Waals surface area (Å²) in [5, 5.41) is 6.50. The van der Waals surface area contributed by atoms with E-state index in [-0.39, 0.29) is 70.9 Å². The Balaban J connectivity index is -0.00000000500. The van der Waals surface area contributed by atoms with Crippen LogP contribution in [0.4, 0.5) is 0 Å². The van der Waals surface area contributed by atoms with E-state index in [0.717, 1.165) is 0 Å². The third kappa shape index (κ3) is 9.26. The van der Waals surface area contributed by atoms with E-state index in [1.54, 1.807) is 0 Å². The monoisotopic (exact) mass is 170 g/mol. The van der Waals surface area contributed by atoms with Crippen molar-refractivity contribution in [2.75, 3.05) is 0 Å². The van der Waals surface area contributed by atoms with Gasteiger partial charge in [-0.15, -0.1) is 0 Å². The van der Waals surface area contributed by atoms with Crippen molar-refractivity contribution in [1.29, 1.82) is 5.26 Å². The van der Waals surface area contributed by atoms with E-state index in [1.807, 2.05) is 0 Å². The van der Waals surface area contributed by atoms with Gasteiger partial charge in [0, 0.05) is 26.1 Å². The van der Waals surface area contributed by atoms with Gasteiger partial charge in [0.1, 0.15) is 0 Å². The largest absolute Gasteiger partial charge is 0 e. The van der Waals surface area contributed by atoms with Gasteiger partial charge in [-0.2, -0.15) is 0 Å². The van der Waals surface area contributed by atoms with Gasteiger partial charge >= 0.3 is 51.4 Å². The van der Waals surface area contributed by atoms with Crippen LogP contribution in [0.2, 0.25) is 0 Å². The average Bonchev–Trinajstić information content (AvgIpc) is 1.00. The Bertz CT molecular complexity index is 12.8. The molecule has 0 saturated heterocycles. The van der Waals surface area contributed by atoms with Crippen molar-refractivity contribution in [3.8, 4) is 6.57 Å². The van der Waals surface area contributed by atoms with Gasteiger partial charge in [0.05, 0.1) is 0 Å². The van der Waals surface area contributed by atoms with Crippen LogP contribution in [0.1, 0.15) is 0 Å². The third-order valence-corrected chi connectivity index (χ3v) is 0. The number of rotatable bonds is 0. The molecule has 0 heterocycles. The summed E-state index contributed by atoms with van der Waals surface area (Å²) in [6.45, 7) is 3.50. The van der Waals surface area contributed by atoms with E-state index in [9.17, 15) is 0 Å². The van der Waals surface area contributed by atoms with Gasteiger partial charge in [0.2, 0.25) is 0 Å². The molecule has 0 aliphatic rings. The summed E-state index contributed by atoms with van der Waals surface area (Å²) >= 11 is 0. The molecule has 0 amide bonds. The van der Waals surface area contributed by atoms with E-state index >= 15 is 0 Å². The molecule has 1 radical (unpaired) electrons. The summed E-state index contributed by atoms with van der Waals surface area (Å²) in [6.07, 6.45) is 0. The smallest absolute Gasteiger partial charge is 0 e. The number of hydrogen-bond donors (Lipinski definition) is 0. The fraction of sp³-hybridized carbons (Fsp3) is 0. The molecule has 0 aromatic rings. The molecule has 0 aromatic heterocycles. The summed E-state index contributed by atoms with van der Waals surface area (Å²) in [6, 6.07) is 0. The quantitative estimate of drug-likeness (QED) is 0.449. The zero-order chi connectivity index (χ0) is 2.00. The van der Waals surface area contributed by atoms with Crippen LogP contribution in [-0.4, -0.2) is 51.4 Å². The second-order valence-corrected chi connectivity index (χ2v) is 0. The first-order valence-corrected chi connectivity index (χ1v) is 0.258. The van der Waals surface area contributed by atoms with Crippen molar-refractivity contribution in [3.63, 3.8) is 0 Å². The van der Waals surface area contributed by atoms with Crippen molar-refractivity contribution >= 4 is 51.4 Å². The SMILES string of the molecule is C#N.[KH].[Rh]. The van der Waals surface area contributed by atoms with Crippen LogP contribution >= 0.6 is 0 Å². The molecule has 0 aromatic carbocycles. The number of nitrogens with zero attached hydrogens (tertiary/aromatic N) is 1. The Morgan fingerprint density at radius 1 is 1.25 bits per heavy atom. The molecule has 0 atom stereocenters.